The van der Waals surface area contributed by atoms with Crippen LogP contribution in [0.4, 0.5) is 0 Å². The van der Waals surface area contributed by atoms with Crippen molar-refractivity contribution >= 4 is 48.1 Å². The number of aliphatic carboxylic acids is 1. The van der Waals surface area contributed by atoms with Crippen LogP contribution < -0.4 is 32.3 Å². The number of aromatic amines is 1. The van der Waals surface area contributed by atoms with E-state index in [1.807, 2.05) is 13.8 Å². The lowest BCUT2D eigenvalue weighted by Crippen LogP contribution is -2.58. The van der Waals surface area contributed by atoms with Crippen molar-refractivity contribution in [2.75, 3.05) is 12.3 Å². The van der Waals surface area contributed by atoms with Gasteiger partial charge in [0.05, 0.1) is 18.9 Å². The lowest BCUT2D eigenvalue weighted by atomic mass is 10.0. The van der Waals surface area contributed by atoms with Crippen molar-refractivity contribution in [1.82, 2.24) is 36.6 Å². The number of rotatable bonds is 19. The number of imidazole rings is 1. The fourth-order valence-corrected chi connectivity index (χ4v) is 4.68. The molecule has 0 aliphatic heterocycles. The molecule has 1 heterocycles. The Labute approximate surface area is 279 Å². The summed E-state index contributed by atoms with van der Waals surface area (Å²) in [5.74, 6) is -4.83. The second kappa shape index (κ2) is 19.3. The molecule has 5 amide bonds. The van der Waals surface area contributed by atoms with Crippen LogP contribution in [0.1, 0.15) is 45.4 Å². The minimum absolute atomic E-state index is 0.0438. The highest BCUT2D eigenvalue weighted by molar-refractivity contribution is 7.80. The molecule has 1 aromatic heterocycles. The number of nitrogens with one attached hydrogen (secondary N) is 6. The van der Waals surface area contributed by atoms with Crippen molar-refractivity contribution in [3.63, 3.8) is 0 Å². The first-order valence-electron chi connectivity index (χ1n) is 15.3. The van der Waals surface area contributed by atoms with Crippen molar-refractivity contribution < 1.29 is 33.9 Å². The standard InChI is InChI=1S/C31H46N8O7S/c1-17(2)10-21(37-30(44)26(32)18(3)4)27(41)34-14-25(40)36-22(11-19-8-6-5-7-9-19)28(42)39-24(15-47)29(43)38-23(31(45)46)12-20-13-33-16-35-20/h5-9,13,16-18,21-24,26,47H,10-12,14-15,32H2,1-4H3,(H,33,35)(H,34,41)(H,36,40)(H,37,44)(H,38,43)(H,39,42)(H,45,46)/t21-,22-,23-,24-,26-/m0/s1. The molecule has 0 bridgehead atoms. The second-order valence-electron chi connectivity index (χ2n) is 11.9. The Morgan fingerprint density at radius 2 is 1.45 bits per heavy atom. The molecule has 16 heteroatoms. The van der Waals surface area contributed by atoms with Crippen LogP contribution in [0.15, 0.2) is 42.9 Å². The minimum atomic E-state index is -1.31. The molecule has 0 spiro atoms. The Kier molecular flexibility index (Phi) is 15.9. The van der Waals surface area contributed by atoms with Crippen LogP contribution in [0.3, 0.4) is 0 Å². The number of hydrogen-bond donors (Lipinski definition) is 9. The third-order valence-electron chi connectivity index (χ3n) is 7.13. The van der Waals surface area contributed by atoms with E-state index in [9.17, 15) is 33.9 Å². The van der Waals surface area contributed by atoms with Crippen LogP contribution in [-0.4, -0.2) is 93.1 Å². The van der Waals surface area contributed by atoms with Crippen LogP contribution in [0.2, 0.25) is 0 Å². The first-order valence-corrected chi connectivity index (χ1v) is 15.9. The van der Waals surface area contributed by atoms with Crippen molar-refractivity contribution in [3.05, 3.63) is 54.1 Å². The second-order valence-corrected chi connectivity index (χ2v) is 12.3. The Bertz CT molecular complexity index is 1340. The SMILES string of the molecule is CC(C)C[C@H](NC(=O)[C@@H](N)C(C)C)C(=O)NCC(=O)N[C@@H](Cc1ccccc1)C(=O)N[C@@H](CS)C(=O)N[C@@H](Cc1cnc[nH]1)C(=O)O. The number of benzene rings is 1. The van der Waals surface area contributed by atoms with Crippen LogP contribution in [0, 0.1) is 11.8 Å². The molecule has 0 aliphatic carbocycles. The topological polar surface area (TPSA) is 237 Å². The maximum Gasteiger partial charge on any atom is 0.326 e. The minimum Gasteiger partial charge on any atom is -0.480 e. The quantitative estimate of drug-likeness (QED) is 0.0855. The lowest BCUT2D eigenvalue weighted by molar-refractivity contribution is -0.142. The Morgan fingerprint density at radius 1 is 0.830 bits per heavy atom. The summed E-state index contributed by atoms with van der Waals surface area (Å²) in [6.07, 6.45) is 3.09. The Hall–Kier alpha value is -4.44. The fourth-order valence-electron chi connectivity index (χ4n) is 4.42. The number of carbonyl (C=O) groups excluding carboxylic acids is 5. The number of amides is 5. The number of nitrogens with zero attached hydrogens (tertiary/aromatic N) is 1. The number of hydrogen-bond acceptors (Lipinski definition) is 9. The highest BCUT2D eigenvalue weighted by Crippen LogP contribution is 2.08. The summed E-state index contributed by atoms with van der Waals surface area (Å²) in [6, 6.07) is 3.36. The molecule has 0 fully saturated rings. The Balaban J connectivity index is 2.11. The van der Waals surface area contributed by atoms with Crippen LogP contribution >= 0.6 is 12.6 Å². The molecule has 2 rings (SSSR count). The van der Waals surface area contributed by atoms with Gasteiger partial charge < -0.3 is 42.4 Å². The normalized spacial score (nSPS) is 14.3. The number of aromatic nitrogens is 2. The van der Waals surface area contributed by atoms with E-state index in [1.54, 1.807) is 44.2 Å². The van der Waals surface area contributed by atoms with E-state index in [0.717, 1.165) is 0 Å². The molecule has 5 atom stereocenters. The van der Waals surface area contributed by atoms with Gasteiger partial charge in [-0.05, 0) is 23.8 Å². The summed E-state index contributed by atoms with van der Waals surface area (Å²) in [5, 5.41) is 22.3. The number of carbonyl (C=O) groups is 6. The Morgan fingerprint density at radius 3 is 2.00 bits per heavy atom. The maximum atomic E-state index is 13.4. The van der Waals surface area contributed by atoms with Gasteiger partial charge >= 0.3 is 5.97 Å². The van der Waals surface area contributed by atoms with E-state index < -0.39 is 72.3 Å². The van der Waals surface area contributed by atoms with E-state index in [0.29, 0.717) is 17.7 Å². The van der Waals surface area contributed by atoms with E-state index >= 15 is 0 Å². The third-order valence-corrected chi connectivity index (χ3v) is 7.49. The number of nitrogens with two attached hydrogens (primary N) is 1. The highest BCUT2D eigenvalue weighted by atomic mass is 32.1. The van der Waals surface area contributed by atoms with Gasteiger partial charge in [0.25, 0.3) is 0 Å². The number of carboxylic acid groups (broad SMARTS) is 1. The van der Waals surface area contributed by atoms with Gasteiger partial charge in [0.15, 0.2) is 0 Å². The monoisotopic (exact) mass is 674 g/mol. The van der Waals surface area contributed by atoms with Gasteiger partial charge in [-0.3, -0.25) is 24.0 Å². The molecule has 2 aromatic rings. The zero-order valence-corrected chi connectivity index (χ0v) is 27.9. The molecule has 0 aliphatic rings. The van der Waals surface area contributed by atoms with Gasteiger partial charge in [-0.2, -0.15) is 12.6 Å². The molecule has 0 unspecified atom stereocenters. The highest BCUT2D eigenvalue weighted by Gasteiger charge is 2.30. The van der Waals surface area contributed by atoms with Crippen molar-refractivity contribution in [1.29, 1.82) is 0 Å². The van der Waals surface area contributed by atoms with Gasteiger partial charge in [0, 0.05) is 30.5 Å². The third kappa shape index (κ3) is 13.4. The average molecular weight is 675 g/mol. The first-order chi connectivity index (χ1) is 22.2. The predicted octanol–water partition coefficient (Wildman–Crippen LogP) is -0.706. The van der Waals surface area contributed by atoms with Gasteiger partial charge in [-0.1, -0.05) is 58.0 Å². The summed E-state index contributed by atoms with van der Waals surface area (Å²) in [6.45, 7) is 6.84. The average Bonchev–Trinajstić information content (AvgIpc) is 3.54. The number of H-pyrrole nitrogens is 1. The summed E-state index contributed by atoms with van der Waals surface area (Å²) in [7, 11) is 0. The molecule has 1 aromatic carbocycles. The van der Waals surface area contributed by atoms with E-state index in [2.05, 4.69) is 49.2 Å². The molecule has 258 valence electrons. The lowest BCUT2D eigenvalue weighted by Gasteiger charge is -2.24. The van der Waals surface area contributed by atoms with E-state index in [1.165, 1.54) is 12.5 Å². The van der Waals surface area contributed by atoms with Gasteiger partial charge in [-0.15, -0.1) is 0 Å². The zero-order valence-electron chi connectivity index (χ0n) is 27.0. The van der Waals surface area contributed by atoms with Crippen LogP contribution in [0.5, 0.6) is 0 Å². The molecular formula is C31H46N8O7S. The van der Waals surface area contributed by atoms with Gasteiger partial charge in [0.1, 0.15) is 24.2 Å². The summed E-state index contributed by atoms with van der Waals surface area (Å²) in [5.41, 5.74) is 7.12. The molecule has 0 saturated heterocycles. The fraction of sp³-hybridized carbons (Fsp3) is 0.516. The van der Waals surface area contributed by atoms with Crippen molar-refractivity contribution in [2.45, 2.75) is 77.2 Å². The first kappa shape index (κ1) is 38.7. The summed E-state index contributed by atoms with van der Waals surface area (Å²) in [4.78, 5) is 83.3. The maximum absolute atomic E-state index is 13.4. The van der Waals surface area contributed by atoms with Crippen LogP contribution in [0.25, 0.3) is 0 Å². The molecular weight excluding hydrogens is 628 g/mol. The number of thiol groups is 1. The van der Waals surface area contributed by atoms with Crippen molar-refractivity contribution in [2.24, 2.45) is 17.6 Å². The molecule has 9 N–H and O–H groups in total. The number of carboxylic acids is 1. The molecule has 47 heavy (non-hydrogen) atoms. The predicted molar refractivity (Wildman–Crippen MR) is 177 cm³/mol. The van der Waals surface area contributed by atoms with E-state index in [4.69, 9.17) is 5.73 Å². The van der Waals surface area contributed by atoms with Gasteiger partial charge in [0.2, 0.25) is 29.5 Å². The largest absolute Gasteiger partial charge is 0.480 e. The molecule has 0 radical (unpaired) electrons. The summed E-state index contributed by atoms with van der Waals surface area (Å²) < 4.78 is 0. The van der Waals surface area contributed by atoms with Gasteiger partial charge in [-0.25, -0.2) is 9.78 Å². The zero-order chi connectivity index (χ0) is 35.1. The van der Waals surface area contributed by atoms with E-state index in [-0.39, 0.29) is 30.4 Å². The van der Waals surface area contributed by atoms with Crippen LogP contribution in [-0.2, 0) is 41.6 Å². The summed E-state index contributed by atoms with van der Waals surface area (Å²) >= 11 is 4.16. The smallest absolute Gasteiger partial charge is 0.326 e. The molecule has 0 saturated carbocycles. The molecule has 15 nitrogen and oxygen atoms in total. The van der Waals surface area contributed by atoms with Crippen molar-refractivity contribution in [3.8, 4) is 0 Å².